The number of anilines is 1. The molecule has 0 radical (unpaired) electrons. The van der Waals surface area contributed by atoms with E-state index in [0.29, 0.717) is 23.9 Å². The normalized spacial score (nSPS) is 26.2. The van der Waals surface area contributed by atoms with Crippen LogP contribution in [0.25, 0.3) is 0 Å². The van der Waals surface area contributed by atoms with Crippen molar-refractivity contribution < 1.29 is 19.4 Å². The minimum Gasteiger partial charge on any atom is -0.477 e. The van der Waals surface area contributed by atoms with Crippen molar-refractivity contribution in [3.63, 3.8) is 0 Å². The van der Waals surface area contributed by atoms with Crippen molar-refractivity contribution in [2.24, 2.45) is 0 Å². The Kier molecular flexibility index (Phi) is 3.66. The average molecular weight is 298 g/mol. The number of carbonyl (C=O) groups is 1. The second-order valence-electron chi connectivity index (χ2n) is 5.24. The number of nitrogens with zero attached hydrogens (tertiary/aromatic N) is 2. The molecule has 20 heavy (non-hydrogen) atoms. The van der Waals surface area contributed by atoms with E-state index < -0.39 is 5.97 Å². The van der Waals surface area contributed by atoms with Crippen molar-refractivity contribution in [2.45, 2.75) is 31.0 Å². The second kappa shape index (κ2) is 5.31. The van der Waals surface area contributed by atoms with Crippen LogP contribution in [0.2, 0.25) is 0 Å². The van der Waals surface area contributed by atoms with E-state index in [-0.39, 0.29) is 12.2 Å². The molecule has 3 rings (SSSR count). The molecule has 1 aliphatic heterocycles. The Morgan fingerprint density at radius 1 is 1.30 bits per heavy atom. The molecule has 2 aliphatic rings. The molecule has 1 saturated carbocycles. The van der Waals surface area contributed by atoms with E-state index in [1.807, 2.05) is 0 Å². The number of methoxy groups -OCH3 is 2. The van der Waals surface area contributed by atoms with Gasteiger partial charge in [-0.3, -0.25) is 0 Å². The number of carboxylic acids is 1. The molecule has 1 saturated heterocycles. The van der Waals surface area contributed by atoms with E-state index in [0.717, 1.165) is 23.7 Å². The van der Waals surface area contributed by atoms with E-state index in [4.69, 9.17) is 9.47 Å². The van der Waals surface area contributed by atoms with Crippen LogP contribution < -0.4 is 4.90 Å². The fourth-order valence-electron chi connectivity index (χ4n) is 2.60. The molecule has 6 nitrogen and oxygen atoms in total. The third-order valence-electron chi connectivity index (χ3n) is 3.89. The van der Waals surface area contributed by atoms with Gasteiger partial charge < -0.3 is 19.5 Å². The summed E-state index contributed by atoms with van der Waals surface area (Å²) < 4.78 is 10.8. The molecule has 1 aromatic rings. The molecule has 1 aromatic heterocycles. The predicted octanol–water partition coefficient (Wildman–Crippen LogP) is 1.57. The summed E-state index contributed by atoms with van der Waals surface area (Å²) in [6.07, 6.45) is 2.10. The lowest BCUT2D eigenvalue weighted by Crippen LogP contribution is -2.27. The molecule has 2 heterocycles. The van der Waals surface area contributed by atoms with Crippen LogP contribution >= 0.6 is 11.3 Å². The molecule has 2 atom stereocenters. The monoisotopic (exact) mass is 298 g/mol. The summed E-state index contributed by atoms with van der Waals surface area (Å²) in [7, 11) is 3.33. The smallest absolute Gasteiger partial charge is 0.347 e. The molecular formula is C13H18N2O4S. The highest BCUT2D eigenvalue weighted by Crippen LogP contribution is 2.44. The quantitative estimate of drug-likeness (QED) is 0.889. The number of thiazole rings is 1. The molecule has 0 bridgehead atoms. The third kappa shape index (κ3) is 2.41. The van der Waals surface area contributed by atoms with Crippen molar-refractivity contribution in [2.75, 3.05) is 32.2 Å². The van der Waals surface area contributed by atoms with Crippen LogP contribution in [-0.4, -0.2) is 55.6 Å². The van der Waals surface area contributed by atoms with Gasteiger partial charge in [0.05, 0.1) is 5.69 Å². The first kappa shape index (κ1) is 13.8. The van der Waals surface area contributed by atoms with Gasteiger partial charge in [0.25, 0.3) is 0 Å². The summed E-state index contributed by atoms with van der Waals surface area (Å²) in [6, 6.07) is 0. The topological polar surface area (TPSA) is 71.9 Å². The maximum atomic E-state index is 11.3. The fourth-order valence-corrected chi connectivity index (χ4v) is 3.60. The first-order chi connectivity index (χ1) is 9.63. The molecule has 0 spiro atoms. The lowest BCUT2D eigenvalue weighted by atomic mass is 10.2. The third-order valence-corrected chi connectivity index (χ3v) is 5.01. The van der Waals surface area contributed by atoms with Gasteiger partial charge in [0.2, 0.25) is 0 Å². The molecule has 2 fully saturated rings. The minimum absolute atomic E-state index is 0.00144. The number of aromatic nitrogens is 1. The van der Waals surface area contributed by atoms with Gasteiger partial charge in [-0.2, -0.15) is 0 Å². The Morgan fingerprint density at radius 3 is 2.35 bits per heavy atom. The van der Waals surface area contributed by atoms with E-state index in [9.17, 15) is 9.90 Å². The predicted molar refractivity (Wildman–Crippen MR) is 74.9 cm³/mol. The Hall–Kier alpha value is -1.18. The molecule has 0 aromatic carbocycles. The number of carboxylic acid groups (broad SMARTS) is 1. The lowest BCUT2D eigenvalue weighted by Gasteiger charge is -2.13. The van der Waals surface area contributed by atoms with Gasteiger partial charge in [-0.1, -0.05) is 11.3 Å². The molecule has 0 amide bonds. The van der Waals surface area contributed by atoms with Crippen LogP contribution in [0.15, 0.2) is 0 Å². The Bertz CT molecular complexity index is 502. The molecule has 110 valence electrons. The van der Waals surface area contributed by atoms with Crippen molar-refractivity contribution in [3.05, 3.63) is 10.6 Å². The Balaban J connectivity index is 1.84. The first-order valence-corrected chi connectivity index (χ1v) is 7.50. The zero-order valence-electron chi connectivity index (χ0n) is 11.5. The minimum atomic E-state index is -0.874. The van der Waals surface area contributed by atoms with Crippen LogP contribution in [0, 0.1) is 0 Å². The van der Waals surface area contributed by atoms with Crippen molar-refractivity contribution in [1.29, 1.82) is 0 Å². The lowest BCUT2D eigenvalue weighted by molar-refractivity contribution is -0.00461. The number of rotatable bonds is 5. The van der Waals surface area contributed by atoms with E-state index >= 15 is 0 Å². The van der Waals surface area contributed by atoms with Gasteiger partial charge in [0, 0.05) is 33.2 Å². The van der Waals surface area contributed by atoms with Crippen LogP contribution in [-0.2, 0) is 9.47 Å². The molecular weight excluding hydrogens is 280 g/mol. The highest BCUT2D eigenvalue weighted by molar-refractivity contribution is 7.17. The number of hydrogen-bond donors (Lipinski definition) is 1. The van der Waals surface area contributed by atoms with Crippen LogP contribution in [0.4, 0.5) is 5.13 Å². The average Bonchev–Trinajstić information content (AvgIpc) is 3.05. The molecule has 1 N–H and O–H groups in total. The van der Waals surface area contributed by atoms with Gasteiger partial charge in [-0.15, -0.1) is 0 Å². The standard InChI is InChI=1S/C13H18N2O4S/c1-18-8-5-15(6-9(8)19-2)13-14-10(7-3-4-7)11(20-13)12(16)17/h7-9H,3-6H2,1-2H3,(H,16,17). The van der Waals surface area contributed by atoms with Gasteiger partial charge >= 0.3 is 5.97 Å². The van der Waals surface area contributed by atoms with Crippen molar-refractivity contribution in [3.8, 4) is 0 Å². The van der Waals surface area contributed by atoms with E-state index in [1.165, 1.54) is 11.3 Å². The van der Waals surface area contributed by atoms with Crippen LogP contribution in [0.3, 0.4) is 0 Å². The summed E-state index contributed by atoms with van der Waals surface area (Å²) >= 11 is 1.26. The number of ether oxygens (including phenoxy) is 2. The summed E-state index contributed by atoms with van der Waals surface area (Å²) in [5, 5.41) is 10.1. The van der Waals surface area contributed by atoms with Crippen LogP contribution in [0.1, 0.15) is 34.1 Å². The van der Waals surface area contributed by atoms with Crippen LogP contribution in [0.5, 0.6) is 0 Å². The first-order valence-electron chi connectivity index (χ1n) is 6.68. The largest absolute Gasteiger partial charge is 0.477 e. The summed E-state index contributed by atoms with van der Waals surface area (Å²) in [4.78, 5) is 18.3. The van der Waals surface area contributed by atoms with Gasteiger partial charge in [-0.25, -0.2) is 9.78 Å². The van der Waals surface area contributed by atoms with E-state index in [1.54, 1.807) is 14.2 Å². The van der Waals surface area contributed by atoms with Crippen molar-refractivity contribution >= 4 is 22.4 Å². The summed E-state index contributed by atoms with van der Waals surface area (Å²) in [5.41, 5.74) is 0.757. The second-order valence-corrected chi connectivity index (χ2v) is 6.22. The Morgan fingerprint density at radius 2 is 1.90 bits per heavy atom. The SMILES string of the molecule is COC1CN(c2nc(C3CC3)c(C(=O)O)s2)CC1OC. The maximum absolute atomic E-state index is 11.3. The number of hydrogen-bond acceptors (Lipinski definition) is 6. The molecule has 1 aliphatic carbocycles. The van der Waals surface area contributed by atoms with Gasteiger partial charge in [0.15, 0.2) is 5.13 Å². The Labute approximate surface area is 121 Å². The fraction of sp³-hybridized carbons (Fsp3) is 0.692. The highest BCUT2D eigenvalue weighted by atomic mass is 32.1. The highest BCUT2D eigenvalue weighted by Gasteiger charge is 2.37. The molecule has 2 unspecified atom stereocenters. The summed E-state index contributed by atoms with van der Waals surface area (Å²) in [6.45, 7) is 1.37. The summed E-state index contributed by atoms with van der Waals surface area (Å²) in [5.74, 6) is -0.536. The zero-order valence-corrected chi connectivity index (χ0v) is 12.4. The number of aromatic carboxylic acids is 1. The van der Waals surface area contributed by atoms with Crippen molar-refractivity contribution in [1.82, 2.24) is 4.98 Å². The van der Waals surface area contributed by atoms with Gasteiger partial charge in [0.1, 0.15) is 17.1 Å². The van der Waals surface area contributed by atoms with E-state index in [2.05, 4.69) is 9.88 Å². The molecule has 7 heteroatoms. The maximum Gasteiger partial charge on any atom is 0.347 e. The van der Waals surface area contributed by atoms with Gasteiger partial charge in [-0.05, 0) is 12.8 Å². The zero-order chi connectivity index (χ0) is 14.3.